The number of hydrogen-bond donors (Lipinski definition) is 0. The van der Waals surface area contributed by atoms with Gasteiger partial charge in [-0.2, -0.15) is 0 Å². The molecular weight excluding hydrogens is 316 g/mol. The van der Waals surface area contributed by atoms with Gasteiger partial charge in [0.25, 0.3) is 0 Å². The van der Waals surface area contributed by atoms with Crippen LogP contribution in [0.5, 0.6) is 0 Å². The minimum absolute atomic E-state index is 0.140. The Kier molecular flexibility index (Phi) is 18.5. The Balaban J connectivity index is 3.30. The van der Waals surface area contributed by atoms with Gasteiger partial charge in [-0.1, -0.05) is 71.6 Å². The van der Waals surface area contributed by atoms with E-state index in [-0.39, 0.29) is 11.9 Å². The highest BCUT2D eigenvalue weighted by atomic mass is 16.5. The molecule has 0 rings (SSSR count). The highest BCUT2D eigenvalue weighted by Crippen LogP contribution is 2.08. The molecule has 0 aromatic heterocycles. The Bertz CT molecular complexity index is 315. The fraction of sp³-hybridized carbons (Fsp3) is 0.905. The number of unbranched alkanes of at least 4 members (excludes halogenated alkanes) is 10. The topological polar surface area (TPSA) is 52.6 Å². The molecule has 0 unspecified atom stereocenters. The smallest absolute Gasteiger partial charge is 0.305 e. The van der Waals surface area contributed by atoms with Gasteiger partial charge in [0.1, 0.15) is 0 Å². The molecule has 0 N–H and O–H groups in total. The van der Waals surface area contributed by atoms with Crippen LogP contribution in [0.25, 0.3) is 0 Å². The zero-order valence-electron chi connectivity index (χ0n) is 16.7. The Morgan fingerprint density at radius 3 is 1.32 bits per heavy atom. The summed E-state index contributed by atoms with van der Waals surface area (Å²) in [7, 11) is 0. The van der Waals surface area contributed by atoms with Crippen LogP contribution in [0, 0.1) is 0 Å². The van der Waals surface area contributed by atoms with Crippen molar-refractivity contribution in [3.05, 3.63) is 0 Å². The van der Waals surface area contributed by atoms with Crippen molar-refractivity contribution in [1.82, 2.24) is 0 Å². The molecule has 0 spiro atoms. The lowest BCUT2D eigenvalue weighted by molar-refractivity contribution is -0.146. The summed E-state index contributed by atoms with van der Waals surface area (Å²) in [6.45, 7) is 5.44. The van der Waals surface area contributed by atoms with E-state index in [1.165, 1.54) is 44.9 Å². The summed E-state index contributed by atoms with van der Waals surface area (Å²) in [5.41, 5.74) is 0. The predicted octanol–water partition coefficient (Wildman–Crippen LogP) is 5.96. The summed E-state index contributed by atoms with van der Waals surface area (Å²) >= 11 is 0. The van der Waals surface area contributed by atoms with Crippen molar-refractivity contribution in [1.29, 1.82) is 0 Å². The minimum Gasteiger partial charge on any atom is -0.466 e. The molecule has 0 bridgehead atoms. The fourth-order valence-electron chi connectivity index (χ4n) is 2.64. The molecule has 0 fully saturated rings. The van der Waals surface area contributed by atoms with Crippen LogP contribution in [0.2, 0.25) is 0 Å². The van der Waals surface area contributed by atoms with Gasteiger partial charge in [-0.25, -0.2) is 0 Å². The van der Waals surface area contributed by atoms with Gasteiger partial charge in [0.05, 0.1) is 13.2 Å². The highest BCUT2D eigenvalue weighted by molar-refractivity contribution is 5.70. The first-order valence-corrected chi connectivity index (χ1v) is 10.5. The standard InChI is InChI=1S/C21H40O4/c1-3-5-7-9-10-11-15-19-25-21(23)17-13-12-16-20(22)24-18-14-8-6-4-2/h3-19H2,1-2H3. The van der Waals surface area contributed by atoms with E-state index < -0.39 is 0 Å². The first-order valence-electron chi connectivity index (χ1n) is 10.5. The van der Waals surface area contributed by atoms with Crippen LogP contribution in [-0.2, 0) is 19.1 Å². The van der Waals surface area contributed by atoms with E-state index in [2.05, 4.69) is 13.8 Å². The van der Waals surface area contributed by atoms with Crippen molar-refractivity contribution in [3.8, 4) is 0 Å². The van der Waals surface area contributed by atoms with Gasteiger partial charge in [0.15, 0.2) is 0 Å². The zero-order chi connectivity index (χ0) is 18.6. The molecule has 0 heterocycles. The summed E-state index contributed by atoms with van der Waals surface area (Å²) in [6, 6.07) is 0. The normalized spacial score (nSPS) is 10.6. The van der Waals surface area contributed by atoms with Gasteiger partial charge in [0.2, 0.25) is 0 Å². The number of esters is 2. The van der Waals surface area contributed by atoms with Crippen LogP contribution in [0.4, 0.5) is 0 Å². The fourth-order valence-corrected chi connectivity index (χ4v) is 2.64. The summed E-state index contributed by atoms with van der Waals surface area (Å²) in [4.78, 5) is 23.1. The SMILES string of the molecule is CCCCCCCCCOC(=O)CCCCC(=O)OCCCCCC. The maximum atomic E-state index is 11.6. The van der Waals surface area contributed by atoms with E-state index in [9.17, 15) is 9.59 Å². The van der Waals surface area contributed by atoms with Crippen molar-refractivity contribution < 1.29 is 19.1 Å². The number of carbonyl (C=O) groups is 2. The first kappa shape index (κ1) is 23.9. The van der Waals surface area contributed by atoms with Crippen molar-refractivity contribution in [2.24, 2.45) is 0 Å². The zero-order valence-corrected chi connectivity index (χ0v) is 16.7. The van der Waals surface area contributed by atoms with Crippen LogP contribution in [0.15, 0.2) is 0 Å². The maximum Gasteiger partial charge on any atom is 0.305 e. The summed E-state index contributed by atoms with van der Waals surface area (Å²) in [6.07, 6.45) is 15.2. The highest BCUT2D eigenvalue weighted by Gasteiger charge is 2.06. The predicted molar refractivity (Wildman–Crippen MR) is 103 cm³/mol. The molecule has 0 aromatic carbocycles. The van der Waals surface area contributed by atoms with E-state index in [0.717, 1.165) is 25.7 Å². The quantitative estimate of drug-likeness (QED) is 0.224. The van der Waals surface area contributed by atoms with E-state index in [1.807, 2.05) is 0 Å². The second-order valence-electron chi connectivity index (χ2n) is 6.83. The van der Waals surface area contributed by atoms with Gasteiger partial charge in [-0.15, -0.1) is 0 Å². The van der Waals surface area contributed by atoms with Crippen LogP contribution >= 0.6 is 0 Å². The van der Waals surface area contributed by atoms with E-state index in [0.29, 0.717) is 38.9 Å². The van der Waals surface area contributed by atoms with Crippen LogP contribution in [-0.4, -0.2) is 25.2 Å². The lowest BCUT2D eigenvalue weighted by atomic mass is 10.1. The lowest BCUT2D eigenvalue weighted by Gasteiger charge is -2.06. The molecule has 25 heavy (non-hydrogen) atoms. The molecule has 0 aliphatic rings. The molecule has 148 valence electrons. The Labute approximate surface area is 155 Å². The second kappa shape index (κ2) is 19.3. The Morgan fingerprint density at radius 1 is 0.520 bits per heavy atom. The molecule has 4 nitrogen and oxygen atoms in total. The molecule has 0 saturated carbocycles. The van der Waals surface area contributed by atoms with Gasteiger partial charge >= 0.3 is 11.9 Å². The molecule has 0 atom stereocenters. The first-order chi connectivity index (χ1) is 12.2. The molecule has 0 aliphatic heterocycles. The number of hydrogen-bond acceptors (Lipinski definition) is 4. The molecule has 0 radical (unpaired) electrons. The van der Waals surface area contributed by atoms with Crippen molar-refractivity contribution in [3.63, 3.8) is 0 Å². The maximum absolute atomic E-state index is 11.6. The van der Waals surface area contributed by atoms with Crippen molar-refractivity contribution in [2.75, 3.05) is 13.2 Å². The molecule has 0 aromatic rings. The number of carbonyl (C=O) groups excluding carboxylic acids is 2. The van der Waals surface area contributed by atoms with E-state index >= 15 is 0 Å². The van der Waals surface area contributed by atoms with Gasteiger partial charge < -0.3 is 9.47 Å². The number of ether oxygens (including phenoxy) is 2. The monoisotopic (exact) mass is 356 g/mol. The third kappa shape index (κ3) is 19.1. The van der Waals surface area contributed by atoms with E-state index in [1.54, 1.807) is 0 Å². The van der Waals surface area contributed by atoms with Gasteiger partial charge in [-0.05, 0) is 25.7 Å². The molecule has 4 heteroatoms. The molecule has 0 aliphatic carbocycles. The van der Waals surface area contributed by atoms with Gasteiger partial charge in [-0.3, -0.25) is 9.59 Å². The molecule has 0 amide bonds. The van der Waals surface area contributed by atoms with Crippen LogP contribution in [0.3, 0.4) is 0 Å². The molecular formula is C21H40O4. The van der Waals surface area contributed by atoms with Gasteiger partial charge in [0, 0.05) is 12.8 Å². The average molecular weight is 357 g/mol. The molecule has 0 saturated heterocycles. The second-order valence-corrected chi connectivity index (χ2v) is 6.83. The third-order valence-corrected chi connectivity index (χ3v) is 4.28. The summed E-state index contributed by atoms with van der Waals surface area (Å²) < 4.78 is 10.4. The van der Waals surface area contributed by atoms with E-state index in [4.69, 9.17) is 9.47 Å². The Morgan fingerprint density at radius 2 is 0.880 bits per heavy atom. The van der Waals surface area contributed by atoms with Crippen LogP contribution in [0.1, 0.15) is 110 Å². The lowest BCUT2D eigenvalue weighted by Crippen LogP contribution is -2.08. The summed E-state index contributed by atoms with van der Waals surface area (Å²) in [5, 5.41) is 0. The third-order valence-electron chi connectivity index (χ3n) is 4.28. The average Bonchev–Trinajstić information content (AvgIpc) is 2.61. The number of rotatable bonds is 18. The van der Waals surface area contributed by atoms with Crippen molar-refractivity contribution >= 4 is 11.9 Å². The Hall–Kier alpha value is -1.06. The largest absolute Gasteiger partial charge is 0.466 e. The van der Waals surface area contributed by atoms with Crippen LogP contribution < -0.4 is 0 Å². The van der Waals surface area contributed by atoms with Crippen molar-refractivity contribution in [2.45, 2.75) is 110 Å². The minimum atomic E-state index is -0.145. The summed E-state index contributed by atoms with van der Waals surface area (Å²) in [5.74, 6) is -0.285.